The number of nitrogens with zero attached hydrogens (tertiary/aromatic N) is 3. The molecule has 2 heterocycles. The zero-order chi connectivity index (χ0) is 15.8. The Kier molecular flexibility index (Phi) is 3.96. The lowest BCUT2D eigenvalue weighted by molar-refractivity contribution is 0.317. The first-order valence-corrected chi connectivity index (χ1v) is 9.37. The highest BCUT2D eigenvalue weighted by atomic mass is 32.2. The Balaban J connectivity index is 1.62. The Morgan fingerprint density at radius 1 is 1.36 bits per heavy atom. The third kappa shape index (κ3) is 3.16. The minimum atomic E-state index is -3.31. The summed E-state index contributed by atoms with van der Waals surface area (Å²) >= 11 is 0. The number of hydrogen-bond donors (Lipinski definition) is 0. The molecular formula is C16H21N3O2S. The quantitative estimate of drug-likeness (QED) is 0.853. The van der Waals surface area contributed by atoms with E-state index < -0.39 is 15.4 Å². The van der Waals surface area contributed by atoms with Gasteiger partial charge in [-0.15, -0.1) is 0 Å². The zero-order valence-corrected chi connectivity index (χ0v) is 13.6. The molecule has 6 heteroatoms. The van der Waals surface area contributed by atoms with Crippen LogP contribution in [0.5, 0.6) is 0 Å². The number of nitriles is 1. The van der Waals surface area contributed by atoms with Crippen molar-refractivity contribution in [3.05, 3.63) is 29.6 Å². The van der Waals surface area contributed by atoms with Gasteiger partial charge >= 0.3 is 0 Å². The summed E-state index contributed by atoms with van der Waals surface area (Å²) in [6, 6.07) is 6.26. The van der Waals surface area contributed by atoms with Gasteiger partial charge in [0.2, 0.25) is 10.0 Å². The molecule has 0 amide bonds. The van der Waals surface area contributed by atoms with E-state index in [1.165, 1.54) is 5.56 Å². The van der Waals surface area contributed by atoms with Gasteiger partial charge in [-0.1, -0.05) is 6.07 Å². The molecule has 118 valence electrons. The van der Waals surface area contributed by atoms with Gasteiger partial charge in [-0.25, -0.2) is 12.7 Å². The lowest BCUT2D eigenvalue weighted by Gasteiger charge is -2.31. The molecule has 1 aliphatic heterocycles. The predicted molar refractivity (Wildman–Crippen MR) is 83.6 cm³/mol. The van der Waals surface area contributed by atoms with Gasteiger partial charge in [-0.2, -0.15) is 5.26 Å². The molecule has 5 nitrogen and oxygen atoms in total. The number of sulfonamides is 1. The van der Waals surface area contributed by atoms with Crippen molar-refractivity contribution in [1.29, 1.82) is 5.26 Å². The maximum atomic E-state index is 12.5. The molecule has 2 fully saturated rings. The Bertz CT molecular complexity index is 679. The van der Waals surface area contributed by atoms with Gasteiger partial charge in [-0.05, 0) is 50.2 Å². The average Bonchev–Trinajstić information content (AvgIpc) is 3.28. The Labute approximate surface area is 132 Å². The third-order valence-corrected chi connectivity index (χ3v) is 6.87. The van der Waals surface area contributed by atoms with E-state index >= 15 is 0 Å². The van der Waals surface area contributed by atoms with Gasteiger partial charge in [0.15, 0.2) is 0 Å². The molecule has 1 aromatic heterocycles. The van der Waals surface area contributed by atoms with Crippen LogP contribution in [0.3, 0.4) is 0 Å². The van der Waals surface area contributed by atoms with E-state index in [0.29, 0.717) is 31.8 Å². The van der Waals surface area contributed by atoms with Gasteiger partial charge in [0.05, 0.1) is 17.2 Å². The molecule has 0 unspecified atom stereocenters. The largest absolute Gasteiger partial charge is 0.261 e. The number of hydrogen-bond acceptors (Lipinski definition) is 4. The second kappa shape index (κ2) is 5.64. The number of aromatic nitrogens is 1. The summed E-state index contributed by atoms with van der Waals surface area (Å²) in [6.45, 7) is 3.05. The van der Waals surface area contributed by atoms with Crippen LogP contribution in [0.1, 0.15) is 42.9 Å². The maximum absolute atomic E-state index is 12.5. The van der Waals surface area contributed by atoms with Crippen molar-refractivity contribution in [2.75, 3.05) is 18.8 Å². The van der Waals surface area contributed by atoms with Gasteiger partial charge in [0.25, 0.3) is 0 Å². The van der Waals surface area contributed by atoms with Crippen LogP contribution in [0, 0.1) is 23.7 Å². The van der Waals surface area contributed by atoms with E-state index in [4.69, 9.17) is 5.26 Å². The lowest BCUT2D eigenvalue weighted by Crippen LogP contribution is -2.40. The highest BCUT2D eigenvalue weighted by molar-refractivity contribution is 7.89. The first-order chi connectivity index (χ1) is 10.4. The smallest absolute Gasteiger partial charge is 0.215 e. The molecule has 0 bridgehead atoms. The van der Waals surface area contributed by atoms with E-state index in [0.717, 1.165) is 18.5 Å². The molecule has 0 spiro atoms. The first kappa shape index (κ1) is 15.4. The SMILES string of the molecule is Cc1ccc(C2CCN(S(=O)(=O)CC3(C#N)CC3)CC2)cn1. The lowest BCUT2D eigenvalue weighted by atomic mass is 9.91. The molecule has 1 aliphatic carbocycles. The fraction of sp³-hybridized carbons (Fsp3) is 0.625. The molecule has 22 heavy (non-hydrogen) atoms. The topological polar surface area (TPSA) is 74.1 Å². The third-order valence-electron chi connectivity index (χ3n) is 4.80. The Morgan fingerprint density at radius 2 is 2.05 bits per heavy atom. The zero-order valence-electron chi connectivity index (χ0n) is 12.8. The van der Waals surface area contributed by atoms with E-state index in [1.54, 1.807) is 4.31 Å². The Hall–Kier alpha value is -1.45. The van der Waals surface area contributed by atoms with Gasteiger partial charge in [-0.3, -0.25) is 4.98 Å². The van der Waals surface area contributed by atoms with Crippen molar-refractivity contribution in [3.63, 3.8) is 0 Å². The van der Waals surface area contributed by atoms with Gasteiger partial charge < -0.3 is 0 Å². The molecule has 0 N–H and O–H groups in total. The van der Waals surface area contributed by atoms with E-state index in [-0.39, 0.29) is 5.75 Å². The van der Waals surface area contributed by atoms with Crippen LogP contribution >= 0.6 is 0 Å². The molecule has 1 aromatic rings. The predicted octanol–water partition coefficient (Wildman–Crippen LogP) is 2.20. The summed E-state index contributed by atoms with van der Waals surface area (Å²) < 4.78 is 26.5. The van der Waals surface area contributed by atoms with Crippen molar-refractivity contribution in [3.8, 4) is 6.07 Å². The normalized spacial score (nSPS) is 22.2. The maximum Gasteiger partial charge on any atom is 0.215 e. The van der Waals surface area contributed by atoms with Crippen molar-refractivity contribution in [2.45, 2.75) is 38.5 Å². The molecule has 0 atom stereocenters. The van der Waals surface area contributed by atoms with E-state index in [1.807, 2.05) is 19.2 Å². The van der Waals surface area contributed by atoms with Crippen molar-refractivity contribution >= 4 is 10.0 Å². The van der Waals surface area contributed by atoms with Crippen LogP contribution in [-0.4, -0.2) is 36.5 Å². The molecule has 0 aromatic carbocycles. The second-order valence-electron chi connectivity index (χ2n) is 6.55. The van der Waals surface area contributed by atoms with Gasteiger partial charge in [0, 0.05) is 25.0 Å². The summed E-state index contributed by atoms with van der Waals surface area (Å²) in [5.74, 6) is 0.373. The molecular weight excluding hydrogens is 298 g/mol. The summed E-state index contributed by atoms with van der Waals surface area (Å²) in [5.41, 5.74) is 1.59. The average molecular weight is 319 g/mol. The van der Waals surface area contributed by atoms with Crippen molar-refractivity contribution < 1.29 is 8.42 Å². The van der Waals surface area contributed by atoms with Gasteiger partial charge in [0.1, 0.15) is 0 Å². The van der Waals surface area contributed by atoms with Crippen LogP contribution in [-0.2, 0) is 10.0 Å². The summed E-state index contributed by atoms with van der Waals surface area (Å²) in [5, 5.41) is 9.09. The first-order valence-electron chi connectivity index (χ1n) is 7.76. The molecule has 1 saturated heterocycles. The van der Waals surface area contributed by atoms with Crippen molar-refractivity contribution in [1.82, 2.24) is 9.29 Å². The minimum Gasteiger partial charge on any atom is -0.261 e. The summed E-state index contributed by atoms with van der Waals surface area (Å²) in [6.07, 6.45) is 4.98. The fourth-order valence-corrected chi connectivity index (χ4v) is 5.07. The number of rotatable bonds is 4. The van der Waals surface area contributed by atoms with Crippen LogP contribution in [0.2, 0.25) is 0 Å². The Morgan fingerprint density at radius 3 is 2.55 bits per heavy atom. The summed E-state index contributed by atoms with van der Waals surface area (Å²) in [4.78, 5) is 4.32. The summed E-state index contributed by atoms with van der Waals surface area (Å²) in [7, 11) is -3.31. The second-order valence-corrected chi connectivity index (χ2v) is 8.52. The number of piperidine rings is 1. The highest BCUT2D eigenvalue weighted by Gasteiger charge is 2.48. The van der Waals surface area contributed by atoms with Crippen molar-refractivity contribution in [2.24, 2.45) is 5.41 Å². The van der Waals surface area contributed by atoms with Crippen LogP contribution < -0.4 is 0 Å². The number of pyridine rings is 1. The van der Waals surface area contributed by atoms with Crippen LogP contribution in [0.25, 0.3) is 0 Å². The fourth-order valence-electron chi connectivity index (χ4n) is 3.07. The van der Waals surface area contributed by atoms with E-state index in [2.05, 4.69) is 17.1 Å². The number of aryl methyl sites for hydroxylation is 1. The standard InChI is InChI=1S/C16H21N3O2S/c1-13-2-3-15(10-18-13)14-4-8-19(9-5-14)22(20,21)12-16(11-17)6-7-16/h2-3,10,14H,4-9,12H2,1H3. The van der Waals surface area contributed by atoms with Crippen LogP contribution in [0.4, 0.5) is 0 Å². The molecule has 0 radical (unpaired) electrons. The molecule has 2 aliphatic rings. The van der Waals surface area contributed by atoms with E-state index in [9.17, 15) is 8.42 Å². The highest BCUT2D eigenvalue weighted by Crippen LogP contribution is 2.46. The minimum absolute atomic E-state index is 0.00669. The van der Waals surface area contributed by atoms with Crippen LogP contribution in [0.15, 0.2) is 18.3 Å². The molecule has 1 saturated carbocycles. The monoisotopic (exact) mass is 319 g/mol. The molecule has 3 rings (SSSR count).